The molecule has 0 aliphatic carbocycles. The quantitative estimate of drug-likeness (QED) is 0.243. The first kappa shape index (κ1) is 24.6. The van der Waals surface area contributed by atoms with Crippen LogP contribution < -0.4 is 10.1 Å². The van der Waals surface area contributed by atoms with E-state index in [1.165, 1.54) is 0 Å². The maximum Gasteiger partial charge on any atom is 0.256 e. The lowest BCUT2D eigenvalue weighted by molar-refractivity contribution is 0.102. The van der Waals surface area contributed by atoms with Gasteiger partial charge >= 0.3 is 0 Å². The molecule has 174 valence electrons. The lowest BCUT2D eigenvalue weighted by Gasteiger charge is -2.10. The Morgan fingerprint density at radius 1 is 1.06 bits per heavy atom. The van der Waals surface area contributed by atoms with Crippen LogP contribution in [0.3, 0.4) is 0 Å². The number of ether oxygens (including phenoxy) is 1. The first-order valence-corrected chi connectivity index (χ1v) is 12.2. The number of nitrogens with zero attached hydrogens (tertiary/aromatic N) is 2. The molecule has 1 aromatic heterocycles. The predicted molar refractivity (Wildman–Crippen MR) is 140 cm³/mol. The second kappa shape index (κ2) is 10.8. The van der Waals surface area contributed by atoms with Crippen molar-refractivity contribution >= 4 is 62.5 Å². The molecule has 5 nitrogen and oxygen atoms in total. The molecule has 1 N–H and O–H groups in total. The standard InChI is InChI=1S/C25H19BrCl3N3O2/c1-15-5-8-21(28)23(9-15)34-14-16-3-2-4-17(10-16)25(33)30-24-20(26)13-32(31-24)12-18-6-7-19(27)11-22(18)29/h2-11,13H,12,14H2,1H3,(H,30,31,33). The lowest BCUT2D eigenvalue weighted by atomic mass is 10.1. The van der Waals surface area contributed by atoms with E-state index in [0.29, 0.717) is 43.2 Å². The van der Waals surface area contributed by atoms with E-state index in [1.807, 2.05) is 37.3 Å². The minimum atomic E-state index is -0.286. The Balaban J connectivity index is 1.43. The van der Waals surface area contributed by atoms with Gasteiger partial charge in [-0.25, -0.2) is 0 Å². The number of anilines is 1. The highest BCUT2D eigenvalue weighted by Gasteiger charge is 2.14. The third-order valence-corrected chi connectivity index (χ3v) is 6.45. The first-order chi connectivity index (χ1) is 16.3. The number of halogens is 4. The molecule has 0 saturated heterocycles. The zero-order valence-electron chi connectivity index (χ0n) is 18.0. The highest BCUT2D eigenvalue weighted by atomic mass is 79.9. The second-order valence-corrected chi connectivity index (χ2v) is 9.74. The third-order valence-electron chi connectivity index (χ3n) is 4.97. The number of aromatic nitrogens is 2. The van der Waals surface area contributed by atoms with Crippen molar-refractivity contribution in [3.05, 3.63) is 109 Å². The van der Waals surface area contributed by atoms with Crippen LogP contribution in [0.15, 0.2) is 71.3 Å². The van der Waals surface area contributed by atoms with Gasteiger partial charge in [0.2, 0.25) is 0 Å². The molecule has 0 aliphatic rings. The van der Waals surface area contributed by atoms with Crippen LogP contribution in [-0.4, -0.2) is 15.7 Å². The summed E-state index contributed by atoms with van der Waals surface area (Å²) in [6, 6.07) is 18.1. The predicted octanol–water partition coefficient (Wildman–Crippen LogP) is 7.79. The number of hydrogen-bond acceptors (Lipinski definition) is 3. The first-order valence-electron chi connectivity index (χ1n) is 10.2. The summed E-state index contributed by atoms with van der Waals surface area (Å²) < 4.78 is 8.18. The van der Waals surface area contributed by atoms with Crippen LogP contribution in [0, 0.1) is 6.92 Å². The van der Waals surface area contributed by atoms with Crippen LogP contribution in [0.2, 0.25) is 15.1 Å². The van der Waals surface area contributed by atoms with Gasteiger partial charge in [0.25, 0.3) is 5.91 Å². The van der Waals surface area contributed by atoms with Gasteiger partial charge in [-0.05, 0) is 75.9 Å². The Labute approximate surface area is 220 Å². The van der Waals surface area contributed by atoms with Gasteiger partial charge in [0.15, 0.2) is 5.82 Å². The fourth-order valence-corrected chi connectivity index (χ4v) is 4.31. The van der Waals surface area contributed by atoms with Crippen molar-refractivity contribution in [2.45, 2.75) is 20.1 Å². The molecule has 3 aromatic carbocycles. The molecule has 1 heterocycles. The van der Waals surface area contributed by atoms with Gasteiger partial charge in [0.05, 0.1) is 16.0 Å². The summed E-state index contributed by atoms with van der Waals surface area (Å²) in [6.07, 6.45) is 1.77. The largest absolute Gasteiger partial charge is 0.487 e. The third kappa shape index (κ3) is 6.13. The Kier molecular flexibility index (Phi) is 7.84. The topological polar surface area (TPSA) is 56.1 Å². The van der Waals surface area contributed by atoms with E-state index in [4.69, 9.17) is 39.5 Å². The number of carbonyl (C=O) groups excluding carboxylic acids is 1. The fraction of sp³-hybridized carbons (Fsp3) is 0.120. The SMILES string of the molecule is Cc1ccc(Cl)c(OCc2cccc(C(=O)Nc3nn(Cc4ccc(Cl)cc4Cl)cc3Br)c2)c1. The molecule has 0 atom stereocenters. The fourth-order valence-electron chi connectivity index (χ4n) is 3.25. The van der Waals surface area contributed by atoms with Crippen molar-refractivity contribution in [3.8, 4) is 5.75 Å². The Morgan fingerprint density at radius 2 is 1.88 bits per heavy atom. The second-order valence-electron chi connectivity index (χ2n) is 7.64. The molecule has 4 rings (SSSR count). The van der Waals surface area contributed by atoms with Crippen molar-refractivity contribution < 1.29 is 9.53 Å². The average molecular weight is 580 g/mol. The monoisotopic (exact) mass is 577 g/mol. The number of aryl methyl sites for hydroxylation is 1. The van der Waals surface area contributed by atoms with E-state index in [-0.39, 0.29) is 12.5 Å². The molecular formula is C25H19BrCl3N3O2. The van der Waals surface area contributed by atoms with Crippen LogP contribution in [0.4, 0.5) is 5.82 Å². The van der Waals surface area contributed by atoms with Crippen LogP contribution in [0.25, 0.3) is 0 Å². The average Bonchev–Trinajstić information content (AvgIpc) is 3.15. The van der Waals surface area contributed by atoms with Crippen molar-refractivity contribution in [2.75, 3.05) is 5.32 Å². The maximum atomic E-state index is 12.9. The van der Waals surface area contributed by atoms with Gasteiger partial charge in [-0.3, -0.25) is 9.48 Å². The van der Waals surface area contributed by atoms with E-state index in [1.54, 1.807) is 41.2 Å². The summed E-state index contributed by atoms with van der Waals surface area (Å²) in [5.41, 5.74) is 3.24. The lowest BCUT2D eigenvalue weighted by Crippen LogP contribution is -2.13. The Bertz CT molecular complexity index is 1360. The summed E-state index contributed by atoms with van der Waals surface area (Å²) in [4.78, 5) is 12.9. The number of nitrogens with one attached hydrogen (secondary N) is 1. The molecule has 0 unspecified atom stereocenters. The highest BCUT2D eigenvalue weighted by Crippen LogP contribution is 2.27. The smallest absolute Gasteiger partial charge is 0.256 e. The summed E-state index contributed by atoms with van der Waals surface area (Å²) >= 11 is 21.9. The summed E-state index contributed by atoms with van der Waals surface area (Å²) in [5, 5.41) is 8.96. The molecule has 9 heteroatoms. The van der Waals surface area contributed by atoms with Gasteiger partial charge in [-0.1, -0.05) is 59.1 Å². The Morgan fingerprint density at radius 3 is 2.68 bits per heavy atom. The number of hydrogen-bond donors (Lipinski definition) is 1. The summed E-state index contributed by atoms with van der Waals surface area (Å²) in [7, 11) is 0. The molecule has 1 amide bonds. The summed E-state index contributed by atoms with van der Waals surface area (Å²) in [6.45, 7) is 2.68. The van der Waals surface area contributed by atoms with Gasteiger partial charge in [0.1, 0.15) is 12.4 Å². The molecule has 4 aromatic rings. The van der Waals surface area contributed by atoms with Gasteiger partial charge in [-0.2, -0.15) is 5.10 Å². The molecular weight excluding hydrogens is 561 g/mol. The molecule has 0 aliphatic heterocycles. The van der Waals surface area contributed by atoms with E-state index in [9.17, 15) is 4.79 Å². The summed E-state index contributed by atoms with van der Waals surface area (Å²) in [5.74, 6) is 0.723. The van der Waals surface area contributed by atoms with Crippen molar-refractivity contribution in [1.82, 2.24) is 9.78 Å². The number of carbonyl (C=O) groups is 1. The van der Waals surface area contributed by atoms with E-state index in [2.05, 4.69) is 26.3 Å². The van der Waals surface area contributed by atoms with Crippen molar-refractivity contribution in [3.63, 3.8) is 0 Å². The Hall–Kier alpha value is -2.51. The number of benzene rings is 3. The van der Waals surface area contributed by atoms with E-state index < -0.39 is 0 Å². The molecule has 0 radical (unpaired) electrons. The van der Waals surface area contributed by atoms with E-state index >= 15 is 0 Å². The number of amides is 1. The van der Waals surface area contributed by atoms with Crippen LogP contribution >= 0.6 is 50.7 Å². The molecule has 0 fully saturated rings. The zero-order chi connectivity index (χ0) is 24.2. The minimum absolute atomic E-state index is 0.282. The highest BCUT2D eigenvalue weighted by molar-refractivity contribution is 9.10. The van der Waals surface area contributed by atoms with Crippen LogP contribution in [0.5, 0.6) is 5.75 Å². The van der Waals surface area contributed by atoms with Crippen molar-refractivity contribution in [2.24, 2.45) is 0 Å². The van der Waals surface area contributed by atoms with Gasteiger partial charge in [0, 0.05) is 21.8 Å². The molecule has 0 bridgehead atoms. The van der Waals surface area contributed by atoms with Crippen molar-refractivity contribution in [1.29, 1.82) is 0 Å². The molecule has 0 spiro atoms. The normalized spacial score (nSPS) is 10.9. The van der Waals surface area contributed by atoms with Gasteiger partial charge < -0.3 is 10.1 Å². The van der Waals surface area contributed by atoms with Gasteiger partial charge in [-0.15, -0.1) is 0 Å². The number of rotatable bonds is 7. The molecule has 0 saturated carbocycles. The maximum absolute atomic E-state index is 12.9. The minimum Gasteiger partial charge on any atom is -0.487 e. The van der Waals surface area contributed by atoms with E-state index in [0.717, 1.165) is 16.7 Å². The van der Waals surface area contributed by atoms with Crippen LogP contribution in [-0.2, 0) is 13.2 Å². The zero-order valence-corrected chi connectivity index (χ0v) is 21.8. The van der Waals surface area contributed by atoms with Crippen LogP contribution in [0.1, 0.15) is 27.0 Å². The molecule has 34 heavy (non-hydrogen) atoms.